The lowest BCUT2D eigenvalue weighted by Crippen LogP contribution is -2.19. The number of nitrogens with zero attached hydrogens (tertiary/aromatic N) is 4. The molecule has 0 spiro atoms. The number of fused-ring (bicyclic) bond motifs is 1. The molecule has 1 aliphatic heterocycles. The molecule has 38 heavy (non-hydrogen) atoms. The van der Waals surface area contributed by atoms with E-state index < -0.39 is 0 Å². The molecule has 0 bridgehead atoms. The topological polar surface area (TPSA) is 105 Å². The minimum absolute atomic E-state index is 0.190. The Hall–Kier alpha value is -4.76. The van der Waals surface area contributed by atoms with Gasteiger partial charge in [0.1, 0.15) is 12.4 Å². The fourth-order valence-corrected chi connectivity index (χ4v) is 4.91. The molecular weight excluding hydrogens is 496 g/mol. The number of hydrogen-bond donors (Lipinski definition) is 2. The molecule has 5 aromatic rings. The summed E-state index contributed by atoms with van der Waals surface area (Å²) in [5.41, 5.74) is 3.69. The summed E-state index contributed by atoms with van der Waals surface area (Å²) in [6.07, 6.45) is 2.44. The molecule has 0 unspecified atom stereocenters. The van der Waals surface area contributed by atoms with E-state index in [0.717, 1.165) is 38.9 Å². The van der Waals surface area contributed by atoms with E-state index in [-0.39, 0.29) is 5.91 Å². The molecule has 6 rings (SSSR count). The number of amidine groups is 1. The Kier molecular flexibility index (Phi) is 6.65. The van der Waals surface area contributed by atoms with E-state index in [1.165, 1.54) is 11.8 Å². The smallest absolute Gasteiger partial charge is 0.264 e. The van der Waals surface area contributed by atoms with Gasteiger partial charge in [0.25, 0.3) is 5.91 Å². The molecule has 0 radical (unpaired) electrons. The van der Waals surface area contributed by atoms with Gasteiger partial charge in [-0.05, 0) is 64.0 Å². The van der Waals surface area contributed by atoms with Crippen LogP contribution in [0.1, 0.15) is 22.5 Å². The van der Waals surface area contributed by atoms with Crippen molar-refractivity contribution >= 4 is 45.4 Å². The highest BCUT2D eigenvalue weighted by atomic mass is 32.2. The number of aromatic amines is 1. The third-order valence-corrected chi connectivity index (χ3v) is 6.88. The van der Waals surface area contributed by atoms with Crippen molar-refractivity contribution in [2.75, 3.05) is 0 Å². The second-order valence-electron chi connectivity index (χ2n) is 8.66. The monoisotopic (exact) mass is 518 g/mol. The van der Waals surface area contributed by atoms with Crippen molar-refractivity contribution in [2.24, 2.45) is 4.99 Å². The number of amides is 1. The number of thioether (sulfide) groups is 1. The standard InChI is InChI=1S/C29H22N6O2S/c36-28-26(38-29(31-28)30-24-12-10-19(11-13-24)14-27-32-34-35-33-27)17-23-15-21-8-4-5-9-22(21)16-25(23)37-18-20-6-2-1-3-7-20/h1-13,15-17H,14,18H2,(H,30,31,36)(H,32,33,34,35)/b26-17-. The first-order valence-corrected chi connectivity index (χ1v) is 12.8. The molecule has 2 N–H and O–H groups in total. The predicted molar refractivity (Wildman–Crippen MR) is 149 cm³/mol. The Bertz CT molecular complexity index is 1650. The predicted octanol–water partition coefficient (Wildman–Crippen LogP) is 5.41. The van der Waals surface area contributed by atoms with E-state index in [2.05, 4.69) is 43.1 Å². The van der Waals surface area contributed by atoms with Crippen molar-refractivity contribution in [1.29, 1.82) is 0 Å². The van der Waals surface area contributed by atoms with Gasteiger partial charge in [-0.2, -0.15) is 5.21 Å². The average Bonchev–Trinajstić information content (AvgIpc) is 3.58. The van der Waals surface area contributed by atoms with E-state index in [4.69, 9.17) is 4.74 Å². The number of tetrazole rings is 1. The van der Waals surface area contributed by atoms with E-state index in [0.29, 0.717) is 28.9 Å². The summed E-state index contributed by atoms with van der Waals surface area (Å²) >= 11 is 1.31. The largest absolute Gasteiger partial charge is 0.488 e. The zero-order chi connectivity index (χ0) is 25.7. The third kappa shape index (κ3) is 5.47. The first-order valence-electron chi connectivity index (χ1n) is 12.0. The highest BCUT2D eigenvalue weighted by Crippen LogP contribution is 2.33. The lowest BCUT2D eigenvalue weighted by molar-refractivity contribution is -0.115. The van der Waals surface area contributed by atoms with Gasteiger partial charge < -0.3 is 10.1 Å². The molecule has 4 aromatic carbocycles. The van der Waals surface area contributed by atoms with Gasteiger partial charge in [0.15, 0.2) is 11.0 Å². The van der Waals surface area contributed by atoms with Gasteiger partial charge in [-0.25, -0.2) is 4.99 Å². The second-order valence-corrected chi connectivity index (χ2v) is 9.70. The van der Waals surface area contributed by atoms with Crippen LogP contribution < -0.4 is 10.1 Å². The van der Waals surface area contributed by atoms with Gasteiger partial charge in [-0.1, -0.05) is 71.9 Å². The molecule has 0 saturated carbocycles. The number of rotatable bonds is 7. The number of aromatic nitrogens is 4. The van der Waals surface area contributed by atoms with E-state index in [1.54, 1.807) is 0 Å². The highest BCUT2D eigenvalue weighted by Gasteiger charge is 2.24. The Morgan fingerprint density at radius 3 is 2.42 bits per heavy atom. The molecule has 1 aliphatic rings. The summed E-state index contributed by atoms with van der Waals surface area (Å²) in [4.78, 5) is 18.0. The summed E-state index contributed by atoms with van der Waals surface area (Å²) in [7, 11) is 0. The molecule has 9 heteroatoms. The summed E-state index contributed by atoms with van der Waals surface area (Å²) in [6, 6.07) is 29.9. The highest BCUT2D eigenvalue weighted by molar-refractivity contribution is 8.18. The van der Waals surface area contributed by atoms with Gasteiger partial charge in [0.2, 0.25) is 0 Å². The quantitative estimate of drug-likeness (QED) is 0.279. The SMILES string of the molecule is O=C1NC(=Nc2ccc(Cc3nn[nH]n3)cc2)S/C1=C\c1cc2ccccc2cc1OCc1ccccc1. The number of H-pyrrole nitrogens is 1. The van der Waals surface area contributed by atoms with E-state index in [1.807, 2.05) is 84.9 Å². The van der Waals surface area contributed by atoms with Crippen LogP contribution in [0, 0.1) is 0 Å². The van der Waals surface area contributed by atoms with Gasteiger partial charge in [-0.3, -0.25) is 4.79 Å². The van der Waals surface area contributed by atoms with Crippen LogP contribution >= 0.6 is 11.8 Å². The van der Waals surface area contributed by atoms with Crippen molar-refractivity contribution in [2.45, 2.75) is 13.0 Å². The van der Waals surface area contributed by atoms with Crippen LogP contribution in [-0.4, -0.2) is 31.7 Å². The maximum atomic E-state index is 12.8. The number of aliphatic imine (C=N–C) groups is 1. The molecule has 1 aromatic heterocycles. The molecule has 0 atom stereocenters. The van der Waals surface area contributed by atoms with Crippen molar-refractivity contribution in [3.63, 3.8) is 0 Å². The fourth-order valence-electron chi connectivity index (χ4n) is 4.08. The van der Waals surface area contributed by atoms with Gasteiger partial charge >= 0.3 is 0 Å². The first kappa shape index (κ1) is 23.6. The van der Waals surface area contributed by atoms with E-state index in [9.17, 15) is 4.79 Å². The van der Waals surface area contributed by atoms with Crippen LogP contribution in [0.3, 0.4) is 0 Å². The van der Waals surface area contributed by atoms with Crippen LogP contribution in [0.25, 0.3) is 16.8 Å². The van der Waals surface area contributed by atoms with Crippen LogP contribution in [0.2, 0.25) is 0 Å². The number of nitrogens with one attached hydrogen (secondary N) is 2. The first-order chi connectivity index (χ1) is 18.7. The summed E-state index contributed by atoms with van der Waals surface area (Å²) in [6.45, 7) is 0.435. The molecular formula is C29H22N6O2S. The van der Waals surface area contributed by atoms with E-state index >= 15 is 0 Å². The zero-order valence-electron chi connectivity index (χ0n) is 20.2. The Morgan fingerprint density at radius 1 is 0.895 bits per heavy atom. The third-order valence-electron chi connectivity index (χ3n) is 5.97. The fraction of sp³-hybridized carbons (Fsp3) is 0.0690. The maximum Gasteiger partial charge on any atom is 0.264 e. The number of carbonyl (C=O) groups is 1. The van der Waals surface area contributed by atoms with Gasteiger partial charge in [0, 0.05) is 12.0 Å². The Labute approximate surface area is 222 Å². The zero-order valence-corrected chi connectivity index (χ0v) is 21.0. The molecule has 186 valence electrons. The molecule has 0 aliphatic carbocycles. The van der Waals surface area contributed by atoms with Crippen LogP contribution in [0.15, 0.2) is 101 Å². The van der Waals surface area contributed by atoms with Gasteiger partial charge in [-0.15, -0.1) is 10.2 Å². The summed E-state index contributed by atoms with van der Waals surface area (Å²) in [5, 5.41) is 19.5. The van der Waals surface area contributed by atoms with Gasteiger partial charge in [0.05, 0.1) is 10.6 Å². The second kappa shape index (κ2) is 10.7. The number of benzene rings is 4. The lowest BCUT2D eigenvalue weighted by atomic mass is 10.1. The Balaban J connectivity index is 1.23. The minimum Gasteiger partial charge on any atom is -0.488 e. The number of ether oxygens (including phenoxy) is 1. The van der Waals surface area contributed by atoms with Crippen molar-refractivity contribution in [3.8, 4) is 5.75 Å². The molecule has 1 fully saturated rings. The molecule has 1 saturated heterocycles. The lowest BCUT2D eigenvalue weighted by Gasteiger charge is -2.12. The molecule has 1 amide bonds. The van der Waals surface area contributed by atoms with Crippen LogP contribution in [-0.2, 0) is 17.8 Å². The normalized spacial score (nSPS) is 15.3. The summed E-state index contributed by atoms with van der Waals surface area (Å²) in [5.74, 6) is 1.15. The van der Waals surface area contributed by atoms with Crippen molar-refractivity contribution in [1.82, 2.24) is 25.9 Å². The minimum atomic E-state index is -0.190. The molecule has 8 nitrogen and oxygen atoms in total. The average molecular weight is 519 g/mol. The van der Waals surface area contributed by atoms with Crippen molar-refractivity contribution < 1.29 is 9.53 Å². The van der Waals surface area contributed by atoms with Crippen LogP contribution in [0.4, 0.5) is 5.69 Å². The Morgan fingerprint density at radius 2 is 1.66 bits per heavy atom. The maximum absolute atomic E-state index is 12.8. The van der Waals surface area contributed by atoms with Crippen molar-refractivity contribution in [3.05, 3.63) is 118 Å². The number of carbonyl (C=O) groups excluding carboxylic acids is 1. The summed E-state index contributed by atoms with van der Waals surface area (Å²) < 4.78 is 6.22. The molecule has 2 heterocycles. The van der Waals surface area contributed by atoms with Crippen LogP contribution in [0.5, 0.6) is 5.75 Å². The number of hydrogen-bond acceptors (Lipinski definition) is 7.